The predicted octanol–water partition coefficient (Wildman–Crippen LogP) is 20.0. The average Bonchev–Trinajstić information content (AvgIpc) is 0.747. The van der Waals surface area contributed by atoms with Crippen molar-refractivity contribution in [3.05, 3.63) is 156 Å². The van der Waals surface area contributed by atoms with Crippen LogP contribution in [0.1, 0.15) is 0 Å². The topological polar surface area (TPSA) is 742 Å². The zero-order valence-corrected chi connectivity index (χ0v) is 72.3. The highest BCUT2D eigenvalue weighted by molar-refractivity contribution is 7.96. The van der Waals surface area contributed by atoms with Gasteiger partial charge in [-0.15, -0.1) is 71.3 Å². The summed E-state index contributed by atoms with van der Waals surface area (Å²) in [5.41, 5.74) is 9.90. The van der Waals surface area contributed by atoms with Crippen LogP contribution in [0.5, 0.6) is 11.5 Å². The van der Waals surface area contributed by atoms with E-state index in [9.17, 15) is 54.4 Å². The summed E-state index contributed by atoms with van der Waals surface area (Å²) in [6, 6.07) is 32.4. The van der Waals surface area contributed by atoms with Gasteiger partial charge in [-0.2, -0.15) is 55.2 Å². The molecule has 672 valence electrons. The Morgan fingerprint density at radius 2 is 0.767 bits per heavy atom. The Morgan fingerprint density at radius 1 is 0.372 bits per heavy atom. The monoisotopic (exact) mass is 2010 g/mol. The number of phenolic OH excluding ortho intramolecular Hbond substituents is 2. The molecule has 52 nitrogen and oxygen atoms in total. The minimum Gasteiger partial charge on any atom is -0.505 e. The van der Waals surface area contributed by atoms with E-state index in [1.165, 1.54) is 78.7 Å². The molecule has 2 heterocycles. The third kappa shape index (κ3) is 22.6. The molecule has 11 aromatic carbocycles. The molecule has 0 bridgehead atoms. The first kappa shape index (κ1) is 95.8. The predicted molar refractivity (Wildman–Crippen MR) is 456 cm³/mol. The number of nitrogens with one attached hydrogen (secondary N) is 3. The highest BCUT2D eigenvalue weighted by Gasteiger charge is 2.31. The Balaban J connectivity index is 0.773. The molecule has 0 aliphatic rings. The van der Waals surface area contributed by atoms with Crippen LogP contribution in [0.25, 0.3) is 43.1 Å². The summed E-state index contributed by atoms with van der Waals surface area (Å²) in [5, 5.41) is 156. The summed E-state index contributed by atoms with van der Waals surface area (Å²) in [7, 11) is -14.0. The largest absolute Gasteiger partial charge is 0.505 e. The number of phenols is 2. The summed E-state index contributed by atoms with van der Waals surface area (Å²) in [6.07, 6.45) is 0. The van der Waals surface area contributed by atoms with Gasteiger partial charge < -0.3 is 42.5 Å². The van der Waals surface area contributed by atoms with E-state index in [0.29, 0.717) is 81.6 Å². The number of aromatic hydroxyl groups is 2. The normalized spacial score (nSPS) is 12.3. The minimum atomic E-state index is -5.38. The number of nitrogens with two attached hydrogens (primary N) is 2. The third-order valence-electron chi connectivity index (χ3n) is 16.9. The molecular weight excluding hydrogens is 1960 g/mol. The summed E-state index contributed by atoms with van der Waals surface area (Å²) < 4.78 is 141. The SMILES string of the molecule is CN(c1nc(Cl)nc(Nc2ccc(SOOO)c(N=Nc3c(S(=O)(=O)O)cc4cc(SOOO)c(N=Nc5ccc6c(SOOO)cccc6c5SOOO)c(N)c4c3O)c2)n1)c1ccccc1Nc1nc(Cl)nc(Nc2ccc(SOOO)c(N=Nc3c(S(=O)(=O)O)cc4cc(SOOO)c(N=Nc5ccc6c(S(=O)(=O)O)cccc6c5SOOO)c(N)c4c3O)c2)n1. The van der Waals surface area contributed by atoms with Crippen molar-refractivity contribution in [2.24, 2.45) is 40.9 Å². The van der Waals surface area contributed by atoms with Crippen molar-refractivity contribution in [2.45, 2.75) is 49.0 Å². The highest BCUT2D eigenvalue weighted by atomic mass is 35.5. The summed E-state index contributed by atoms with van der Waals surface area (Å²) in [4.78, 5) is 24.9. The Labute approximate surface area is 757 Å². The molecule has 2 aromatic heterocycles. The van der Waals surface area contributed by atoms with Gasteiger partial charge in [-0.3, -0.25) is 13.7 Å². The lowest BCUT2D eigenvalue weighted by molar-refractivity contribution is -0.432. The molecular formula is C65H46Cl2N20O32S10. The van der Waals surface area contributed by atoms with Crippen molar-refractivity contribution in [2.75, 3.05) is 39.4 Å². The second kappa shape index (κ2) is 42.8. The molecule has 13 aromatic rings. The van der Waals surface area contributed by atoms with Crippen molar-refractivity contribution in [3.63, 3.8) is 0 Å². The number of fused-ring (bicyclic) bond motifs is 4. The number of benzene rings is 11. The molecule has 0 saturated heterocycles. The third-order valence-corrected chi connectivity index (χ3v) is 24.6. The lowest BCUT2D eigenvalue weighted by Gasteiger charge is -2.21. The number of halogens is 2. The number of nitrogens with zero attached hydrogens (tertiary/aromatic N) is 15. The van der Waals surface area contributed by atoms with E-state index in [1.54, 1.807) is 48.5 Å². The quantitative estimate of drug-likeness (QED) is 0.00423. The van der Waals surface area contributed by atoms with Crippen LogP contribution in [0.15, 0.2) is 235 Å². The fourth-order valence-corrected chi connectivity index (χ4v) is 17.6. The molecule has 0 radical (unpaired) electrons. The Morgan fingerprint density at radius 3 is 1.24 bits per heavy atom. The van der Waals surface area contributed by atoms with E-state index in [2.05, 4.69) is 144 Å². The molecule has 0 unspecified atom stereocenters. The molecule has 0 fully saturated rings. The number of hydrogen-bond donors (Lipinski definition) is 17. The van der Waals surface area contributed by atoms with E-state index in [4.69, 9.17) is 74.9 Å². The maximum absolute atomic E-state index is 13.2. The van der Waals surface area contributed by atoms with Gasteiger partial charge in [0.1, 0.15) is 60.2 Å². The van der Waals surface area contributed by atoms with E-state index < -0.39 is 90.4 Å². The van der Waals surface area contributed by atoms with Crippen LogP contribution in [0.2, 0.25) is 10.6 Å². The maximum atomic E-state index is 13.2. The fourth-order valence-electron chi connectivity index (χ4n) is 11.8. The highest BCUT2D eigenvalue weighted by Crippen LogP contribution is 2.54. The number of azo groups is 4. The summed E-state index contributed by atoms with van der Waals surface area (Å²) >= 11 is 15.7. The van der Waals surface area contributed by atoms with Crippen LogP contribution in [-0.4, -0.2) is 123 Å². The molecule has 0 aliphatic carbocycles. The number of hydrogen-bond acceptors (Lipinski definition) is 56. The Bertz CT molecular complexity index is 7000. The molecule has 0 amide bonds. The molecule has 0 spiro atoms. The summed E-state index contributed by atoms with van der Waals surface area (Å²) in [6.45, 7) is 0. The van der Waals surface area contributed by atoms with E-state index in [1.807, 2.05) is 0 Å². The van der Waals surface area contributed by atoms with Crippen LogP contribution in [-0.2, 0) is 96.0 Å². The van der Waals surface area contributed by atoms with Crippen molar-refractivity contribution in [3.8, 4) is 11.5 Å². The first-order valence-corrected chi connectivity index (χ1v) is 44.0. The van der Waals surface area contributed by atoms with Crippen molar-refractivity contribution in [1.82, 2.24) is 29.9 Å². The molecule has 0 saturated carbocycles. The van der Waals surface area contributed by atoms with Gasteiger partial charge in [0, 0.05) is 39.5 Å². The molecule has 0 aliphatic heterocycles. The van der Waals surface area contributed by atoms with Gasteiger partial charge in [-0.1, -0.05) is 83.8 Å². The number of anilines is 10. The molecule has 129 heavy (non-hydrogen) atoms. The number of aromatic nitrogens is 6. The molecule has 0 atom stereocenters. The first-order valence-electron chi connectivity index (χ1n) is 33.7. The lowest BCUT2D eigenvalue weighted by atomic mass is 10.1. The molecule has 19 N–H and O–H groups in total. The van der Waals surface area contributed by atoms with Crippen LogP contribution >= 0.6 is 108 Å². The zero-order chi connectivity index (χ0) is 92.0. The van der Waals surface area contributed by atoms with E-state index >= 15 is 0 Å². The van der Waals surface area contributed by atoms with Gasteiger partial charge in [0.05, 0.1) is 147 Å². The van der Waals surface area contributed by atoms with Gasteiger partial charge >= 0.3 is 0 Å². The Kier molecular flexibility index (Phi) is 31.8. The second-order valence-corrected chi connectivity index (χ2v) is 34.2. The van der Waals surface area contributed by atoms with Gasteiger partial charge in [0.25, 0.3) is 30.4 Å². The smallest absolute Gasteiger partial charge is 0.296 e. The number of nitrogen functional groups attached to an aromatic ring is 2. The van der Waals surface area contributed by atoms with Gasteiger partial charge in [-0.05, 0) is 136 Å². The van der Waals surface area contributed by atoms with Crippen molar-refractivity contribution in [1.29, 1.82) is 0 Å². The van der Waals surface area contributed by atoms with Crippen molar-refractivity contribution < 1.29 is 152 Å². The summed E-state index contributed by atoms with van der Waals surface area (Å²) in [5.74, 6) is -2.87. The lowest BCUT2D eigenvalue weighted by Crippen LogP contribution is -2.16. The fraction of sp³-hybridized carbons (Fsp3) is 0.0154. The van der Waals surface area contributed by atoms with E-state index in [0.717, 1.165) is 30.3 Å². The van der Waals surface area contributed by atoms with Crippen LogP contribution < -0.4 is 32.3 Å². The van der Waals surface area contributed by atoms with Gasteiger partial charge in [0.15, 0.2) is 11.5 Å². The average molecular weight is 2010 g/mol. The van der Waals surface area contributed by atoms with Crippen LogP contribution in [0.3, 0.4) is 0 Å². The Hall–Kier alpha value is -10.8. The zero-order valence-electron chi connectivity index (χ0n) is 62.6. The maximum Gasteiger partial charge on any atom is 0.296 e. The van der Waals surface area contributed by atoms with Crippen LogP contribution in [0.4, 0.5) is 103 Å². The van der Waals surface area contributed by atoms with Crippen molar-refractivity contribution >= 4 is 284 Å². The van der Waals surface area contributed by atoms with Crippen LogP contribution in [0, 0.1) is 0 Å². The van der Waals surface area contributed by atoms with E-state index in [-0.39, 0.29) is 160 Å². The number of rotatable bonds is 40. The van der Waals surface area contributed by atoms with Gasteiger partial charge in [0.2, 0.25) is 34.4 Å². The number of para-hydroxylation sites is 2. The molecule has 64 heteroatoms. The van der Waals surface area contributed by atoms with Gasteiger partial charge in [-0.25, -0.2) is 36.8 Å². The second-order valence-electron chi connectivity index (χ2n) is 24.2. The standard InChI is InChI=1S/C65H46Cl2N20O32S10/c1-87(65-76-61(67)75-63(78-65)71-29-13-19-42(122-115-108-92)38(25-29)82-86-55-47(129(103,104)105)22-26-20-43(123-116-109-93)52(50(68)48(26)56(55)88)83-79-35-16-14-30-32(58(35)125-118-111-95)6-4-10-40(30)120-113-106-90)39-9-3-2-8-34(39)72-64-74-60(66)73-62(77-64)70-28-12-18-41(121-114-107-91)37(24-28)81-85-54-46(128(100,101)102)23-27-21-44(124-117-110-94)53(51(69)49(27)57(54)89)84-80-36-17-15-31-33(59(36)126-119-112-96)7-5-11-45(31)127(97,98)99/h2-25,88-96H,68-69H2,1H3,(H,97,98,99)(H,100,101,102)(H,103,104,105)(H,71,75,76,78)(H2,70,72,73,74,77). The minimum absolute atomic E-state index is 0.0147. The molecule has 13 rings (SSSR count). The first-order chi connectivity index (χ1) is 61.9.